The van der Waals surface area contributed by atoms with Crippen molar-refractivity contribution in [2.75, 3.05) is 18.9 Å². The van der Waals surface area contributed by atoms with Gasteiger partial charge in [0, 0.05) is 45.2 Å². The van der Waals surface area contributed by atoms with Gasteiger partial charge in [0.2, 0.25) is 0 Å². The smallest absolute Gasteiger partial charge is 0.0499 e. The summed E-state index contributed by atoms with van der Waals surface area (Å²) >= 11 is 3.46. The van der Waals surface area contributed by atoms with Crippen LogP contribution in [0.2, 0.25) is 0 Å². The lowest BCUT2D eigenvalue weighted by Gasteiger charge is -2.21. The summed E-state index contributed by atoms with van der Waals surface area (Å²) in [7, 11) is -0.825. The number of hydrogen-bond donors (Lipinski definition) is 1. The lowest BCUT2D eigenvalue weighted by atomic mass is 10.2. The third-order valence-corrected chi connectivity index (χ3v) is 5.46. The predicted octanol–water partition coefficient (Wildman–Crippen LogP) is 2.46. The molecule has 1 saturated heterocycles. The summed E-state index contributed by atoms with van der Waals surface area (Å²) in [5.74, 6) is 0.589. The van der Waals surface area contributed by atoms with E-state index in [-0.39, 0.29) is 5.25 Å². The van der Waals surface area contributed by atoms with Gasteiger partial charge < -0.3 is 10.5 Å². The number of rotatable bonds is 3. The van der Waals surface area contributed by atoms with Gasteiger partial charge in [-0.05, 0) is 30.5 Å². The number of benzene rings is 1. The van der Waals surface area contributed by atoms with Crippen LogP contribution in [0.1, 0.15) is 18.4 Å². The highest BCUT2D eigenvalue weighted by atomic mass is 79.9. The maximum atomic E-state index is 12.2. The minimum Gasteiger partial charge on any atom is -0.399 e. The summed E-state index contributed by atoms with van der Waals surface area (Å²) in [6.45, 7) is 1.47. The number of hydrogen-bond acceptors (Lipinski definition) is 3. The first-order chi connectivity index (χ1) is 8.16. The first-order valence-electron chi connectivity index (χ1n) is 5.65. The normalized spacial score (nSPS) is 19.1. The summed E-state index contributed by atoms with van der Waals surface area (Å²) in [5, 5.41) is 0.271. The zero-order chi connectivity index (χ0) is 12.3. The molecule has 0 amide bonds. The van der Waals surface area contributed by atoms with E-state index in [1.807, 2.05) is 18.2 Å². The highest BCUT2D eigenvalue weighted by Gasteiger charge is 2.20. The Bertz CT molecular complexity index is 419. The van der Waals surface area contributed by atoms with E-state index in [0.29, 0.717) is 5.75 Å². The number of nitrogen functional groups attached to an aromatic ring is 1. The van der Waals surface area contributed by atoms with Gasteiger partial charge in [-0.2, -0.15) is 0 Å². The van der Waals surface area contributed by atoms with Crippen molar-refractivity contribution in [2.45, 2.75) is 23.8 Å². The molecule has 1 aromatic carbocycles. The van der Waals surface area contributed by atoms with Gasteiger partial charge in [0.05, 0.1) is 0 Å². The minimum absolute atomic E-state index is 0.271. The third-order valence-electron chi connectivity index (χ3n) is 2.91. The molecular formula is C12H16BrNO2S. The van der Waals surface area contributed by atoms with Crippen LogP contribution in [-0.2, 0) is 21.3 Å². The zero-order valence-electron chi connectivity index (χ0n) is 9.52. The summed E-state index contributed by atoms with van der Waals surface area (Å²) in [6, 6.07) is 5.65. The summed E-state index contributed by atoms with van der Waals surface area (Å²) in [5.41, 5.74) is 7.46. The molecule has 1 unspecified atom stereocenters. The van der Waals surface area contributed by atoms with Gasteiger partial charge in [-0.3, -0.25) is 4.21 Å². The second kappa shape index (κ2) is 5.98. The van der Waals surface area contributed by atoms with Crippen LogP contribution in [0.5, 0.6) is 0 Å². The van der Waals surface area contributed by atoms with Crippen LogP contribution in [0.15, 0.2) is 22.7 Å². The Morgan fingerprint density at radius 3 is 2.76 bits per heavy atom. The quantitative estimate of drug-likeness (QED) is 0.871. The summed E-state index contributed by atoms with van der Waals surface area (Å²) in [4.78, 5) is 0. The molecular weight excluding hydrogens is 302 g/mol. The largest absolute Gasteiger partial charge is 0.399 e. The number of ether oxygens (including phenoxy) is 1. The molecule has 0 aliphatic carbocycles. The maximum absolute atomic E-state index is 12.2. The second-order valence-electron chi connectivity index (χ2n) is 4.19. The van der Waals surface area contributed by atoms with Gasteiger partial charge in [-0.15, -0.1) is 0 Å². The van der Waals surface area contributed by atoms with Crippen molar-refractivity contribution in [1.29, 1.82) is 0 Å². The van der Waals surface area contributed by atoms with E-state index in [9.17, 15) is 4.21 Å². The van der Waals surface area contributed by atoms with Gasteiger partial charge in [-0.1, -0.05) is 22.0 Å². The van der Waals surface area contributed by atoms with E-state index in [2.05, 4.69) is 15.9 Å². The molecule has 1 aliphatic rings. The molecule has 0 spiro atoms. The molecule has 0 aromatic heterocycles. The minimum atomic E-state index is -0.825. The second-order valence-corrected chi connectivity index (χ2v) is 6.76. The molecule has 3 nitrogen and oxygen atoms in total. The molecule has 2 rings (SSSR count). The fourth-order valence-electron chi connectivity index (χ4n) is 1.89. The first-order valence-corrected chi connectivity index (χ1v) is 7.83. The standard InChI is InChI=1S/C12H16BrNO2S/c13-12-7-10(14)2-1-9(12)8-17(15)11-3-5-16-6-4-11/h1-2,7,11H,3-6,8,14H2. The van der Waals surface area contributed by atoms with Gasteiger partial charge in [-0.25, -0.2) is 0 Å². The maximum Gasteiger partial charge on any atom is 0.0499 e. The van der Waals surface area contributed by atoms with Crippen molar-refractivity contribution in [3.05, 3.63) is 28.2 Å². The zero-order valence-corrected chi connectivity index (χ0v) is 11.9. The van der Waals surface area contributed by atoms with Crippen molar-refractivity contribution in [3.63, 3.8) is 0 Å². The van der Waals surface area contributed by atoms with Crippen LogP contribution < -0.4 is 5.73 Å². The van der Waals surface area contributed by atoms with Crippen LogP contribution in [0.4, 0.5) is 5.69 Å². The van der Waals surface area contributed by atoms with Gasteiger partial charge in [0.15, 0.2) is 0 Å². The van der Waals surface area contributed by atoms with Crippen LogP contribution >= 0.6 is 15.9 Å². The third kappa shape index (κ3) is 3.53. The first kappa shape index (κ1) is 13.1. The van der Waals surface area contributed by atoms with Gasteiger partial charge in [0.25, 0.3) is 0 Å². The topological polar surface area (TPSA) is 52.3 Å². The fourth-order valence-corrected chi connectivity index (χ4v) is 4.13. The van der Waals surface area contributed by atoms with E-state index in [0.717, 1.165) is 41.8 Å². The monoisotopic (exact) mass is 317 g/mol. The van der Waals surface area contributed by atoms with Crippen molar-refractivity contribution in [2.24, 2.45) is 0 Å². The molecule has 1 aliphatic heterocycles. The van der Waals surface area contributed by atoms with E-state index in [1.165, 1.54) is 0 Å². The van der Waals surface area contributed by atoms with Crippen molar-refractivity contribution >= 4 is 32.4 Å². The Morgan fingerprint density at radius 1 is 1.41 bits per heavy atom. The molecule has 0 saturated carbocycles. The molecule has 1 heterocycles. The Hall–Kier alpha value is -0.390. The molecule has 1 fully saturated rings. The lowest BCUT2D eigenvalue weighted by Crippen LogP contribution is -2.25. The van der Waals surface area contributed by atoms with E-state index in [4.69, 9.17) is 10.5 Å². The molecule has 1 atom stereocenters. The summed E-state index contributed by atoms with van der Waals surface area (Å²) < 4.78 is 18.4. The molecule has 94 valence electrons. The molecule has 17 heavy (non-hydrogen) atoms. The highest BCUT2D eigenvalue weighted by molar-refractivity contribution is 9.10. The van der Waals surface area contributed by atoms with Crippen molar-refractivity contribution < 1.29 is 8.95 Å². The highest BCUT2D eigenvalue weighted by Crippen LogP contribution is 2.23. The number of halogens is 1. The van der Waals surface area contributed by atoms with E-state index < -0.39 is 10.8 Å². The molecule has 2 N–H and O–H groups in total. The average Bonchev–Trinajstić information content (AvgIpc) is 2.34. The lowest BCUT2D eigenvalue weighted by molar-refractivity contribution is 0.0992. The Balaban J connectivity index is 2.02. The van der Waals surface area contributed by atoms with E-state index in [1.54, 1.807) is 0 Å². The molecule has 0 bridgehead atoms. The van der Waals surface area contributed by atoms with Crippen molar-refractivity contribution in [3.8, 4) is 0 Å². The Labute approximate surface area is 112 Å². The number of anilines is 1. The van der Waals surface area contributed by atoms with Crippen LogP contribution in [0.3, 0.4) is 0 Å². The van der Waals surface area contributed by atoms with Gasteiger partial charge >= 0.3 is 0 Å². The Morgan fingerprint density at radius 2 is 2.12 bits per heavy atom. The van der Waals surface area contributed by atoms with Crippen molar-refractivity contribution in [1.82, 2.24) is 0 Å². The van der Waals surface area contributed by atoms with Crippen LogP contribution in [0.25, 0.3) is 0 Å². The van der Waals surface area contributed by atoms with Gasteiger partial charge in [0.1, 0.15) is 0 Å². The fraction of sp³-hybridized carbons (Fsp3) is 0.500. The molecule has 5 heteroatoms. The Kier molecular flexibility index (Phi) is 4.59. The SMILES string of the molecule is Nc1ccc(CS(=O)C2CCOCC2)c(Br)c1. The van der Waals surface area contributed by atoms with E-state index >= 15 is 0 Å². The van der Waals surface area contributed by atoms with Crippen LogP contribution in [-0.4, -0.2) is 22.7 Å². The average molecular weight is 318 g/mol. The molecule has 0 radical (unpaired) electrons. The number of nitrogens with two attached hydrogens (primary N) is 1. The molecule has 1 aromatic rings. The van der Waals surface area contributed by atoms with Crippen LogP contribution in [0, 0.1) is 0 Å². The predicted molar refractivity (Wildman–Crippen MR) is 74.2 cm³/mol. The summed E-state index contributed by atoms with van der Waals surface area (Å²) in [6.07, 6.45) is 1.80.